The van der Waals surface area contributed by atoms with Gasteiger partial charge < -0.3 is 4.74 Å². The Balaban J connectivity index is 2.17. The van der Waals surface area contributed by atoms with Crippen LogP contribution in [0.3, 0.4) is 0 Å². The summed E-state index contributed by atoms with van der Waals surface area (Å²) in [4.78, 5) is 16.3. The number of hydrogen-bond donors (Lipinski definition) is 1. The molecule has 4 nitrogen and oxygen atoms in total. The number of hydroxylamine groups is 1. The van der Waals surface area contributed by atoms with Crippen molar-refractivity contribution < 1.29 is 14.4 Å². The second-order valence-electron chi connectivity index (χ2n) is 3.85. The van der Waals surface area contributed by atoms with E-state index in [-0.39, 0.29) is 5.91 Å². The normalized spacial score (nSPS) is 10.2. The third kappa shape index (κ3) is 6.04. The summed E-state index contributed by atoms with van der Waals surface area (Å²) in [5.74, 6) is -0.110. The van der Waals surface area contributed by atoms with Gasteiger partial charge in [-0.3, -0.25) is 9.63 Å². The topological polar surface area (TPSA) is 47.6 Å². The Bertz CT molecular complexity index is 335. The Morgan fingerprint density at radius 2 is 1.94 bits per heavy atom. The van der Waals surface area contributed by atoms with Gasteiger partial charge >= 0.3 is 0 Å². The molecular weight excluding hydrogens is 218 g/mol. The molecule has 0 aliphatic carbocycles. The van der Waals surface area contributed by atoms with Crippen LogP contribution in [-0.4, -0.2) is 26.2 Å². The number of rotatable bonds is 7. The molecule has 0 aromatic heterocycles. The minimum atomic E-state index is -0.110. The second-order valence-corrected chi connectivity index (χ2v) is 3.85. The molecule has 0 fully saturated rings. The Morgan fingerprint density at radius 3 is 2.59 bits per heavy atom. The zero-order valence-corrected chi connectivity index (χ0v) is 10.4. The lowest BCUT2D eigenvalue weighted by molar-refractivity contribution is -0.134. The molecule has 17 heavy (non-hydrogen) atoms. The minimum Gasteiger partial charge on any atom is -0.382 e. The zero-order chi connectivity index (χ0) is 12.5. The lowest BCUT2D eigenvalue weighted by Gasteiger charge is -2.05. The SMILES string of the molecule is COCCONC(=O)CCc1ccc(C)cc1. The van der Waals surface area contributed by atoms with Gasteiger partial charge in [-0.2, -0.15) is 0 Å². The maximum absolute atomic E-state index is 11.4. The largest absolute Gasteiger partial charge is 0.382 e. The highest BCUT2D eigenvalue weighted by atomic mass is 16.7. The molecule has 1 N–H and O–H groups in total. The molecule has 0 heterocycles. The number of carbonyl (C=O) groups excluding carboxylic acids is 1. The maximum atomic E-state index is 11.4. The fourth-order valence-electron chi connectivity index (χ4n) is 1.32. The van der Waals surface area contributed by atoms with E-state index in [1.54, 1.807) is 7.11 Å². The van der Waals surface area contributed by atoms with E-state index in [9.17, 15) is 4.79 Å². The number of hydrogen-bond acceptors (Lipinski definition) is 3. The Kier molecular flexibility index (Phi) is 6.29. The number of benzene rings is 1. The fourth-order valence-corrected chi connectivity index (χ4v) is 1.32. The van der Waals surface area contributed by atoms with Crippen LogP contribution >= 0.6 is 0 Å². The van der Waals surface area contributed by atoms with Crippen LogP contribution in [0.4, 0.5) is 0 Å². The lowest BCUT2D eigenvalue weighted by atomic mass is 10.1. The molecule has 1 amide bonds. The average Bonchev–Trinajstić information content (AvgIpc) is 2.34. The number of carbonyl (C=O) groups is 1. The van der Waals surface area contributed by atoms with E-state index in [0.717, 1.165) is 12.0 Å². The van der Waals surface area contributed by atoms with Crippen LogP contribution in [0, 0.1) is 6.92 Å². The highest BCUT2D eigenvalue weighted by molar-refractivity contribution is 5.75. The molecule has 4 heteroatoms. The van der Waals surface area contributed by atoms with Crippen molar-refractivity contribution in [3.8, 4) is 0 Å². The Morgan fingerprint density at radius 1 is 1.24 bits per heavy atom. The first kappa shape index (κ1) is 13.7. The molecule has 0 saturated heterocycles. The summed E-state index contributed by atoms with van der Waals surface area (Å²) in [5, 5.41) is 0. The smallest absolute Gasteiger partial charge is 0.243 e. The first-order valence-corrected chi connectivity index (χ1v) is 5.67. The summed E-state index contributed by atoms with van der Waals surface area (Å²) >= 11 is 0. The van der Waals surface area contributed by atoms with Crippen molar-refractivity contribution in [1.82, 2.24) is 5.48 Å². The molecule has 0 spiro atoms. The second kappa shape index (κ2) is 7.81. The quantitative estimate of drug-likeness (QED) is 0.579. The Hall–Kier alpha value is -1.39. The highest BCUT2D eigenvalue weighted by Crippen LogP contribution is 2.05. The van der Waals surface area contributed by atoms with Crippen molar-refractivity contribution in [3.05, 3.63) is 35.4 Å². The van der Waals surface area contributed by atoms with Crippen LogP contribution in [0.1, 0.15) is 17.5 Å². The molecule has 0 atom stereocenters. The van der Waals surface area contributed by atoms with E-state index in [2.05, 4.69) is 5.48 Å². The summed E-state index contributed by atoms with van der Waals surface area (Å²) in [5.41, 5.74) is 4.76. The molecule has 0 aliphatic rings. The first-order chi connectivity index (χ1) is 8.22. The average molecular weight is 237 g/mol. The third-order valence-corrected chi connectivity index (χ3v) is 2.34. The van der Waals surface area contributed by atoms with Crippen LogP contribution < -0.4 is 5.48 Å². The van der Waals surface area contributed by atoms with Crippen LogP contribution in [0.2, 0.25) is 0 Å². The predicted octanol–water partition coefficient (Wildman–Crippen LogP) is 1.62. The summed E-state index contributed by atoms with van der Waals surface area (Å²) in [6.45, 7) is 2.88. The molecule has 0 aliphatic heterocycles. The van der Waals surface area contributed by atoms with Gasteiger partial charge in [0.15, 0.2) is 0 Å². The molecule has 1 aromatic rings. The van der Waals surface area contributed by atoms with Crippen molar-refractivity contribution in [3.63, 3.8) is 0 Å². The monoisotopic (exact) mass is 237 g/mol. The molecule has 1 rings (SSSR count). The van der Waals surface area contributed by atoms with Gasteiger partial charge in [-0.05, 0) is 18.9 Å². The van der Waals surface area contributed by atoms with Gasteiger partial charge in [0.2, 0.25) is 5.91 Å². The molecule has 94 valence electrons. The summed E-state index contributed by atoms with van der Waals surface area (Å²) < 4.78 is 4.79. The minimum absolute atomic E-state index is 0.110. The molecule has 0 unspecified atom stereocenters. The molecular formula is C13H19NO3. The van der Waals surface area contributed by atoms with Crippen LogP contribution in [0.25, 0.3) is 0 Å². The number of amides is 1. The summed E-state index contributed by atoms with van der Waals surface area (Å²) in [6.07, 6.45) is 1.15. The Labute approximate surface area is 102 Å². The van der Waals surface area contributed by atoms with Crippen molar-refractivity contribution in [2.45, 2.75) is 19.8 Å². The predicted molar refractivity (Wildman–Crippen MR) is 65.5 cm³/mol. The summed E-state index contributed by atoms with van der Waals surface area (Å²) in [7, 11) is 1.59. The third-order valence-electron chi connectivity index (χ3n) is 2.34. The number of nitrogens with one attached hydrogen (secondary N) is 1. The number of methoxy groups -OCH3 is 1. The molecule has 1 aromatic carbocycles. The molecule has 0 radical (unpaired) electrons. The van der Waals surface area contributed by atoms with Crippen molar-refractivity contribution in [1.29, 1.82) is 0 Å². The maximum Gasteiger partial charge on any atom is 0.243 e. The van der Waals surface area contributed by atoms with Gasteiger partial charge in [0.1, 0.15) is 0 Å². The lowest BCUT2D eigenvalue weighted by Crippen LogP contribution is -2.25. The molecule has 0 saturated carbocycles. The van der Waals surface area contributed by atoms with E-state index in [4.69, 9.17) is 9.57 Å². The van der Waals surface area contributed by atoms with E-state index in [0.29, 0.717) is 19.6 Å². The molecule has 0 bridgehead atoms. The summed E-state index contributed by atoms with van der Waals surface area (Å²) in [6, 6.07) is 8.16. The van der Waals surface area contributed by atoms with E-state index >= 15 is 0 Å². The standard InChI is InChI=1S/C13H19NO3/c1-11-3-5-12(6-4-11)7-8-13(15)14-17-10-9-16-2/h3-6H,7-10H2,1-2H3,(H,14,15). The first-order valence-electron chi connectivity index (χ1n) is 5.67. The van der Waals surface area contributed by atoms with E-state index in [1.165, 1.54) is 5.56 Å². The van der Waals surface area contributed by atoms with Gasteiger partial charge in [-0.15, -0.1) is 0 Å². The van der Waals surface area contributed by atoms with Gasteiger partial charge in [0.05, 0.1) is 13.2 Å². The van der Waals surface area contributed by atoms with Crippen molar-refractivity contribution in [2.24, 2.45) is 0 Å². The van der Waals surface area contributed by atoms with Crippen molar-refractivity contribution in [2.75, 3.05) is 20.3 Å². The highest BCUT2D eigenvalue weighted by Gasteiger charge is 2.01. The van der Waals surface area contributed by atoms with Gasteiger partial charge in [-0.25, -0.2) is 5.48 Å². The van der Waals surface area contributed by atoms with Gasteiger partial charge in [0.25, 0.3) is 0 Å². The van der Waals surface area contributed by atoms with E-state index in [1.807, 2.05) is 31.2 Å². The fraction of sp³-hybridized carbons (Fsp3) is 0.462. The van der Waals surface area contributed by atoms with E-state index < -0.39 is 0 Å². The zero-order valence-electron chi connectivity index (χ0n) is 10.4. The van der Waals surface area contributed by atoms with Crippen LogP contribution in [0.15, 0.2) is 24.3 Å². The number of ether oxygens (including phenoxy) is 1. The van der Waals surface area contributed by atoms with Crippen molar-refractivity contribution >= 4 is 5.91 Å². The van der Waals surface area contributed by atoms with Crippen LogP contribution in [0.5, 0.6) is 0 Å². The van der Waals surface area contributed by atoms with Crippen LogP contribution in [-0.2, 0) is 20.8 Å². The van der Waals surface area contributed by atoms with Gasteiger partial charge in [0, 0.05) is 13.5 Å². The van der Waals surface area contributed by atoms with Gasteiger partial charge in [-0.1, -0.05) is 29.8 Å². The number of aryl methyl sites for hydroxylation is 2.